The normalized spacial score (nSPS) is 12.0. The molecule has 186 valence electrons. The minimum atomic E-state index is 0.924. The first-order chi connectivity index (χ1) is 19.8. The zero-order chi connectivity index (χ0) is 26.2. The molecule has 9 rings (SSSR count). The maximum atomic E-state index is 6.72. The van der Waals surface area contributed by atoms with Crippen LogP contribution in [0.1, 0.15) is 0 Å². The van der Waals surface area contributed by atoms with E-state index in [1.165, 1.54) is 54.4 Å². The van der Waals surface area contributed by atoms with Gasteiger partial charge < -0.3 is 8.98 Å². The molecular formula is C38H23NO. The van der Waals surface area contributed by atoms with Crippen LogP contribution in [-0.2, 0) is 0 Å². The van der Waals surface area contributed by atoms with E-state index >= 15 is 0 Å². The lowest BCUT2D eigenvalue weighted by atomic mass is 9.95. The Kier molecular flexibility index (Phi) is 4.36. The van der Waals surface area contributed by atoms with Crippen molar-refractivity contribution in [1.29, 1.82) is 0 Å². The average Bonchev–Trinajstić information content (AvgIpc) is 3.55. The number of rotatable bonds is 2. The van der Waals surface area contributed by atoms with Crippen LogP contribution in [-0.4, -0.2) is 4.57 Å². The number of hydrogen-bond acceptors (Lipinski definition) is 1. The summed E-state index contributed by atoms with van der Waals surface area (Å²) in [6.45, 7) is 0. The predicted octanol–water partition coefficient (Wildman–Crippen LogP) is 10.7. The van der Waals surface area contributed by atoms with Gasteiger partial charge in [-0.3, -0.25) is 0 Å². The highest BCUT2D eigenvalue weighted by molar-refractivity contribution is 6.24. The molecule has 0 atom stereocenters. The molecule has 0 aliphatic carbocycles. The topological polar surface area (TPSA) is 18.1 Å². The Balaban J connectivity index is 1.39. The fourth-order valence-corrected chi connectivity index (χ4v) is 6.52. The van der Waals surface area contributed by atoms with Gasteiger partial charge in [-0.05, 0) is 75.6 Å². The van der Waals surface area contributed by atoms with Crippen LogP contribution in [0.5, 0.6) is 0 Å². The average molecular weight is 510 g/mol. The van der Waals surface area contributed by atoms with Crippen molar-refractivity contribution in [3.63, 3.8) is 0 Å². The molecule has 0 spiro atoms. The van der Waals surface area contributed by atoms with Gasteiger partial charge in [0.15, 0.2) is 0 Å². The Morgan fingerprint density at radius 2 is 1.12 bits per heavy atom. The van der Waals surface area contributed by atoms with Crippen molar-refractivity contribution in [3.05, 3.63) is 140 Å². The van der Waals surface area contributed by atoms with Crippen molar-refractivity contribution in [2.75, 3.05) is 0 Å². The first-order valence-corrected chi connectivity index (χ1v) is 13.7. The maximum absolute atomic E-state index is 6.72. The van der Waals surface area contributed by atoms with Crippen LogP contribution in [0.25, 0.3) is 82.1 Å². The van der Waals surface area contributed by atoms with Crippen molar-refractivity contribution in [2.24, 2.45) is 0 Å². The van der Waals surface area contributed by atoms with Gasteiger partial charge >= 0.3 is 0 Å². The quantitative estimate of drug-likeness (QED) is 0.227. The standard InChI is InChI=1S/C38H23NO/c1-2-13-28(14-3-1)39-34-17-9-8-16-30(34)32-22-27(18-19-35(32)39)31-21-26-12-6-7-15-29(26)37-33-20-24-10-4-5-11-25(24)23-36(33)40-38(31)37/h1-23H. The van der Waals surface area contributed by atoms with Gasteiger partial charge in [0.2, 0.25) is 0 Å². The van der Waals surface area contributed by atoms with E-state index < -0.39 is 0 Å². The van der Waals surface area contributed by atoms with E-state index in [9.17, 15) is 0 Å². The van der Waals surface area contributed by atoms with Gasteiger partial charge in [-0.25, -0.2) is 0 Å². The summed E-state index contributed by atoms with van der Waals surface area (Å²) in [6, 6.07) is 50.0. The number of nitrogens with zero attached hydrogens (tertiary/aromatic N) is 1. The Hall–Kier alpha value is -5.34. The minimum absolute atomic E-state index is 0.924. The molecular weight excluding hydrogens is 486 g/mol. The first-order valence-electron chi connectivity index (χ1n) is 13.7. The van der Waals surface area contributed by atoms with Crippen LogP contribution in [0.3, 0.4) is 0 Å². The van der Waals surface area contributed by atoms with Crippen molar-refractivity contribution < 1.29 is 4.42 Å². The Morgan fingerprint density at radius 3 is 1.98 bits per heavy atom. The summed E-state index contributed by atoms with van der Waals surface area (Å²) < 4.78 is 9.08. The van der Waals surface area contributed by atoms with Gasteiger partial charge in [0.25, 0.3) is 0 Å². The third kappa shape index (κ3) is 2.99. The lowest BCUT2D eigenvalue weighted by Crippen LogP contribution is -1.92. The zero-order valence-electron chi connectivity index (χ0n) is 21.6. The van der Waals surface area contributed by atoms with E-state index in [1.54, 1.807) is 0 Å². The second-order valence-electron chi connectivity index (χ2n) is 10.6. The van der Waals surface area contributed by atoms with Crippen LogP contribution in [0.2, 0.25) is 0 Å². The molecule has 2 nitrogen and oxygen atoms in total. The van der Waals surface area contributed by atoms with E-state index in [-0.39, 0.29) is 0 Å². The smallest absolute Gasteiger partial charge is 0.143 e. The van der Waals surface area contributed by atoms with Crippen LogP contribution >= 0.6 is 0 Å². The Bertz CT molecular complexity index is 2420. The van der Waals surface area contributed by atoms with E-state index in [1.807, 2.05) is 0 Å². The molecule has 9 aromatic rings. The summed E-state index contributed by atoms with van der Waals surface area (Å²) >= 11 is 0. The van der Waals surface area contributed by atoms with Crippen molar-refractivity contribution in [2.45, 2.75) is 0 Å². The van der Waals surface area contributed by atoms with Crippen LogP contribution < -0.4 is 0 Å². The summed E-state index contributed by atoms with van der Waals surface area (Å²) in [6.07, 6.45) is 0. The molecule has 0 aliphatic rings. The van der Waals surface area contributed by atoms with Gasteiger partial charge in [-0.2, -0.15) is 0 Å². The summed E-state index contributed by atoms with van der Waals surface area (Å²) in [7, 11) is 0. The SMILES string of the molecule is c1ccc(-n2c3ccccc3c3cc(-c4cc5ccccc5c5c4oc4cc6ccccc6cc45)ccc32)cc1. The molecule has 0 bridgehead atoms. The zero-order valence-corrected chi connectivity index (χ0v) is 21.6. The van der Waals surface area contributed by atoms with Gasteiger partial charge in [0.1, 0.15) is 11.2 Å². The number of benzene rings is 7. The van der Waals surface area contributed by atoms with Crippen LogP contribution in [0.15, 0.2) is 144 Å². The molecule has 40 heavy (non-hydrogen) atoms. The molecule has 2 heteroatoms. The highest BCUT2D eigenvalue weighted by Gasteiger charge is 2.19. The lowest BCUT2D eigenvalue weighted by Gasteiger charge is -2.09. The van der Waals surface area contributed by atoms with E-state index in [4.69, 9.17) is 4.42 Å². The highest BCUT2D eigenvalue weighted by Crippen LogP contribution is 2.43. The summed E-state index contributed by atoms with van der Waals surface area (Å²) in [4.78, 5) is 0. The number of fused-ring (bicyclic) bond motifs is 9. The van der Waals surface area contributed by atoms with Gasteiger partial charge in [-0.1, -0.05) is 91.0 Å². The number of hydrogen-bond donors (Lipinski definition) is 0. The Morgan fingerprint density at radius 1 is 0.450 bits per heavy atom. The summed E-state index contributed by atoms with van der Waals surface area (Å²) in [5, 5.41) is 9.67. The molecule has 0 amide bonds. The monoisotopic (exact) mass is 509 g/mol. The molecule has 0 N–H and O–H groups in total. The molecule has 2 aromatic heterocycles. The minimum Gasteiger partial charge on any atom is -0.455 e. The van der Waals surface area contributed by atoms with E-state index in [0.717, 1.165) is 27.7 Å². The number of furan rings is 1. The molecule has 7 aromatic carbocycles. The third-order valence-corrected chi connectivity index (χ3v) is 8.33. The molecule has 0 saturated carbocycles. The third-order valence-electron chi connectivity index (χ3n) is 8.33. The van der Waals surface area contributed by atoms with Gasteiger partial charge in [0.05, 0.1) is 11.0 Å². The van der Waals surface area contributed by atoms with Gasteiger partial charge in [0, 0.05) is 32.8 Å². The molecule has 0 radical (unpaired) electrons. The first kappa shape index (κ1) is 21.6. The fraction of sp³-hybridized carbons (Fsp3) is 0. The number of para-hydroxylation sites is 2. The maximum Gasteiger partial charge on any atom is 0.143 e. The number of aromatic nitrogens is 1. The molecule has 0 unspecified atom stereocenters. The molecule has 2 heterocycles. The second kappa shape index (κ2) is 8.08. The predicted molar refractivity (Wildman–Crippen MR) is 169 cm³/mol. The van der Waals surface area contributed by atoms with E-state index in [0.29, 0.717) is 0 Å². The van der Waals surface area contributed by atoms with Crippen LogP contribution in [0.4, 0.5) is 0 Å². The molecule has 0 fully saturated rings. The van der Waals surface area contributed by atoms with Crippen LogP contribution in [0, 0.1) is 0 Å². The second-order valence-corrected chi connectivity index (χ2v) is 10.6. The van der Waals surface area contributed by atoms with Gasteiger partial charge in [-0.15, -0.1) is 0 Å². The van der Waals surface area contributed by atoms with Crippen molar-refractivity contribution in [3.8, 4) is 16.8 Å². The summed E-state index contributed by atoms with van der Waals surface area (Å²) in [5.41, 5.74) is 7.71. The van der Waals surface area contributed by atoms with Crippen molar-refractivity contribution >= 4 is 65.3 Å². The van der Waals surface area contributed by atoms with Crippen molar-refractivity contribution in [1.82, 2.24) is 4.57 Å². The Labute approximate surface area is 230 Å². The molecule has 0 aliphatic heterocycles. The van der Waals surface area contributed by atoms with E-state index in [2.05, 4.69) is 144 Å². The lowest BCUT2D eigenvalue weighted by molar-refractivity contribution is 0.671. The molecule has 0 saturated heterocycles. The summed E-state index contributed by atoms with van der Waals surface area (Å²) in [5.74, 6) is 0. The highest BCUT2D eigenvalue weighted by atomic mass is 16.3. The fourth-order valence-electron chi connectivity index (χ4n) is 6.52. The largest absolute Gasteiger partial charge is 0.455 e.